The number of hydrogen-bond donors (Lipinski definition) is 3. The maximum atomic E-state index is 10.4. The Morgan fingerprint density at radius 1 is 1.64 bits per heavy atom. The number of nitrogens with zero attached hydrogens (tertiary/aromatic N) is 2. The zero-order chi connectivity index (χ0) is 16.4. The fourth-order valence-electron chi connectivity index (χ4n) is 1.72. The van der Waals surface area contributed by atoms with Crippen LogP contribution in [0.5, 0.6) is 0 Å². The van der Waals surface area contributed by atoms with Crippen molar-refractivity contribution in [2.24, 2.45) is 0 Å². The highest BCUT2D eigenvalue weighted by Crippen LogP contribution is 2.20. The van der Waals surface area contributed by atoms with Gasteiger partial charge >= 0.3 is 0 Å². The van der Waals surface area contributed by atoms with Crippen molar-refractivity contribution < 1.29 is 4.92 Å². The molecule has 0 aliphatic carbocycles. The molecule has 1 atom stereocenters. The van der Waals surface area contributed by atoms with Gasteiger partial charge in [0.1, 0.15) is 5.01 Å². The second-order valence-corrected chi connectivity index (χ2v) is 6.51. The van der Waals surface area contributed by atoms with Gasteiger partial charge in [0, 0.05) is 30.5 Å². The van der Waals surface area contributed by atoms with Gasteiger partial charge in [0.05, 0.1) is 16.7 Å². The fraction of sp³-hybridized carbons (Fsp3) is 0.615. The highest BCUT2D eigenvalue weighted by atomic mass is 32.2. The third kappa shape index (κ3) is 7.10. The number of hydrogen-bond acceptors (Lipinski definition) is 8. The molecule has 1 heterocycles. The van der Waals surface area contributed by atoms with Gasteiger partial charge in [-0.2, -0.15) is 11.8 Å². The number of rotatable bonds is 11. The molecular weight excluding hydrogens is 322 g/mol. The smallest absolute Gasteiger partial charge is 0.274 e. The summed E-state index contributed by atoms with van der Waals surface area (Å²) in [6.07, 6.45) is 0.930. The minimum absolute atomic E-state index is 0.292. The molecule has 7 nitrogen and oxygen atoms in total. The molecule has 0 aromatic carbocycles. The normalized spacial score (nSPS) is 13.0. The zero-order valence-electron chi connectivity index (χ0n) is 13.1. The number of nitro groups is 1. The van der Waals surface area contributed by atoms with E-state index in [0.29, 0.717) is 18.4 Å². The van der Waals surface area contributed by atoms with Crippen LogP contribution in [0.4, 0.5) is 0 Å². The topological polar surface area (TPSA) is 92.1 Å². The summed E-state index contributed by atoms with van der Waals surface area (Å²) in [5, 5.41) is 22.7. The number of thioether (sulfide) groups is 1. The summed E-state index contributed by atoms with van der Waals surface area (Å²) in [5.41, 5.74) is 1.09. The molecule has 0 fully saturated rings. The molecule has 3 N–H and O–H groups in total. The summed E-state index contributed by atoms with van der Waals surface area (Å²) < 4.78 is 0. The van der Waals surface area contributed by atoms with E-state index in [1.807, 2.05) is 0 Å². The average Bonchev–Trinajstić information content (AvgIpc) is 2.94. The molecule has 0 radical (unpaired) electrons. The van der Waals surface area contributed by atoms with Crippen LogP contribution in [-0.2, 0) is 5.75 Å². The molecule has 1 rings (SSSR count). The summed E-state index contributed by atoms with van der Waals surface area (Å²) in [5.74, 6) is 2.12. The van der Waals surface area contributed by atoms with E-state index in [0.717, 1.165) is 35.0 Å². The van der Waals surface area contributed by atoms with E-state index in [1.54, 1.807) is 30.1 Å². The van der Waals surface area contributed by atoms with Gasteiger partial charge in [-0.1, -0.05) is 6.92 Å². The van der Waals surface area contributed by atoms with Crippen LogP contribution in [0, 0.1) is 10.1 Å². The lowest BCUT2D eigenvalue weighted by molar-refractivity contribution is -0.404. The highest BCUT2D eigenvalue weighted by Gasteiger charge is 2.09. The largest absolute Gasteiger partial charge is 0.370 e. The lowest BCUT2D eigenvalue weighted by atomic mass is 10.3. The van der Waals surface area contributed by atoms with Crippen LogP contribution in [-0.4, -0.2) is 35.8 Å². The van der Waals surface area contributed by atoms with Crippen molar-refractivity contribution in [3.63, 3.8) is 0 Å². The summed E-state index contributed by atoms with van der Waals surface area (Å²) in [6, 6.07) is 0.292. The highest BCUT2D eigenvalue weighted by molar-refractivity contribution is 7.98. The van der Waals surface area contributed by atoms with Gasteiger partial charge in [-0.25, -0.2) is 4.98 Å². The lowest BCUT2D eigenvalue weighted by Crippen LogP contribution is -2.26. The standard InChI is InChI=1S/C13H23N5O2S2/c1-4-15-10(2)13-17-11(9-22-13)8-21-6-5-16-12(14-3)7-18(19)20/h7,9-10,14-16H,4-6,8H2,1-3H3. The Bertz CT molecular complexity index is 493. The molecule has 9 heteroatoms. The predicted molar refractivity (Wildman–Crippen MR) is 92.5 cm³/mol. The molecule has 0 saturated heterocycles. The predicted octanol–water partition coefficient (Wildman–Crippen LogP) is 1.93. The Morgan fingerprint density at radius 2 is 2.41 bits per heavy atom. The van der Waals surface area contributed by atoms with E-state index in [4.69, 9.17) is 0 Å². The molecular formula is C13H23N5O2S2. The molecule has 0 saturated carbocycles. The average molecular weight is 345 g/mol. The first kappa shape index (κ1) is 18.7. The maximum Gasteiger partial charge on any atom is 0.274 e. The SMILES string of the molecule is CCNC(C)c1nc(CSCCNC(=C[N+](=O)[O-])NC)cs1. The fourth-order valence-corrected chi connectivity index (χ4v) is 3.42. The van der Waals surface area contributed by atoms with Crippen LogP contribution >= 0.6 is 23.1 Å². The van der Waals surface area contributed by atoms with Crippen LogP contribution in [0.25, 0.3) is 0 Å². The van der Waals surface area contributed by atoms with Gasteiger partial charge in [-0.05, 0) is 13.5 Å². The minimum Gasteiger partial charge on any atom is -0.370 e. The Hall–Kier alpha value is -1.32. The third-order valence-corrected chi connectivity index (χ3v) is 4.83. The number of nitrogens with one attached hydrogen (secondary N) is 3. The molecule has 1 aromatic heterocycles. The second kappa shape index (κ2) is 10.4. The number of thiazole rings is 1. The van der Waals surface area contributed by atoms with Gasteiger partial charge in [0.15, 0.2) is 5.82 Å². The van der Waals surface area contributed by atoms with Crippen molar-refractivity contribution in [2.75, 3.05) is 25.9 Å². The summed E-state index contributed by atoms with van der Waals surface area (Å²) in [4.78, 5) is 14.5. The zero-order valence-corrected chi connectivity index (χ0v) is 14.7. The van der Waals surface area contributed by atoms with Crippen LogP contribution in [0.2, 0.25) is 0 Å². The van der Waals surface area contributed by atoms with Crippen molar-refractivity contribution >= 4 is 23.1 Å². The van der Waals surface area contributed by atoms with Crippen LogP contribution in [0.3, 0.4) is 0 Å². The Kier molecular flexibility index (Phi) is 8.86. The minimum atomic E-state index is -0.478. The summed E-state index contributed by atoms with van der Waals surface area (Å²) >= 11 is 3.43. The van der Waals surface area contributed by atoms with Crippen molar-refractivity contribution in [3.05, 3.63) is 38.2 Å². The first-order chi connectivity index (χ1) is 10.6. The Balaban J connectivity index is 2.26. The van der Waals surface area contributed by atoms with E-state index in [1.165, 1.54) is 0 Å². The maximum absolute atomic E-state index is 10.4. The third-order valence-electron chi connectivity index (χ3n) is 2.77. The lowest BCUT2D eigenvalue weighted by Gasteiger charge is -2.08. The molecule has 0 aliphatic rings. The molecule has 22 heavy (non-hydrogen) atoms. The van der Waals surface area contributed by atoms with E-state index < -0.39 is 4.92 Å². The van der Waals surface area contributed by atoms with E-state index in [-0.39, 0.29) is 0 Å². The van der Waals surface area contributed by atoms with Crippen LogP contribution in [0.1, 0.15) is 30.6 Å². The molecule has 0 amide bonds. The Morgan fingerprint density at radius 3 is 3.05 bits per heavy atom. The van der Waals surface area contributed by atoms with E-state index in [2.05, 4.69) is 40.2 Å². The van der Waals surface area contributed by atoms with Crippen molar-refractivity contribution in [3.8, 4) is 0 Å². The van der Waals surface area contributed by atoms with Gasteiger partial charge in [-0.3, -0.25) is 10.1 Å². The quantitative estimate of drug-likeness (QED) is 0.321. The van der Waals surface area contributed by atoms with Gasteiger partial charge < -0.3 is 16.0 Å². The van der Waals surface area contributed by atoms with Crippen molar-refractivity contribution in [1.29, 1.82) is 0 Å². The van der Waals surface area contributed by atoms with Gasteiger partial charge in [0.25, 0.3) is 6.20 Å². The molecule has 0 bridgehead atoms. The van der Waals surface area contributed by atoms with Gasteiger partial charge in [0.2, 0.25) is 0 Å². The first-order valence-electron chi connectivity index (χ1n) is 7.09. The summed E-state index contributed by atoms with van der Waals surface area (Å²) in [7, 11) is 1.65. The van der Waals surface area contributed by atoms with Crippen molar-refractivity contribution in [2.45, 2.75) is 25.6 Å². The molecule has 0 aliphatic heterocycles. The second-order valence-electron chi connectivity index (χ2n) is 4.51. The Labute approximate surface area is 139 Å². The van der Waals surface area contributed by atoms with Crippen LogP contribution < -0.4 is 16.0 Å². The summed E-state index contributed by atoms with van der Waals surface area (Å²) in [6.45, 7) is 5.79. The first-order valence-corrected chi connectivity index (χ1v) is 9.12. The molecule has 1 aromatic rings. The van der Waals surface area contributed by atoms with Crippen LogP contribution in [0.15, 0.2) is 17.4 Å². The monoisotopic (exact) mass is 345 g/mol. The molecule has 0 spiro atoms. The van der Waals surface area contributed by atoms with E-state index in [9.17, 15) is 10.1 Å². The number of aromatic nitrogens is 1. The molecule has 124 valence electrons. The molecule has 1 unspecified atom stereocenters. The van der Waals surface area contributed by atoms with Crippen molar-refractivity contribution in [1.82, 2.24) is 20.9 Å². The van der Waals surface area contributed by atoms with E-state index >= 15 is 0 Å². The van der Waals surface area contributed by atoms with Gasteiger partial charge in [-0.15, -0.1) is 11.3 Å².